The first-order chi connectivity index (χ1) is 19.1. The lowest BCUT2D eigenvalue weighted by atomic mass is 9.92. The number of hydrogen-bond acceptors (Lipinski definition) is 5. The third kappa shape index (κ3) is 6.77. The number of nitrogens with one attached hydrogen (secondary N) is 3. The van der Waals surface area contributed by atoms with Gasteiger partial charge in [0.15, 0.2) is 0 Å². The number of unbranched alkanes of at least 4 members (excludes halogenated alkanes) is 3. The van der Waals surface area contributed by atoms with E-state index in [1.165, 1.54) is 42.1 Å². The summed E-state index contributed by atoms with van der Waals surface area (Å²) in [5.74, 6) is 0.323. The van der Waals surface area contributed by atoms with Crippen LogP contribution in [-0.4, -0.2) is 34.9 Å². The average molecular weight is 527 g/mol. The molecule has 1 amide bonds. The van der Waals surface area contributed by atoms with E-state index >= 15 is 0 Å². The summed E-state index contributed by atoms with van der Waals surface area (Å²) in [6.45, 7) is 3.01. The highest BCUT2D eigenvalue weighted by atomic mass is 16.5. The number of aromatic nitrogens is 2. The highest BCUT2D eigenvalue weighted by Crippen LogP contribution is 2.33. The van der Waals surface area contributed by atoms with E-state index in [4.69, 9.17) is 9.72 Å². The van der Waals surface area contributed by atoms with Gasteiger partial charge in [0.1, 0.15) is 5.75 Å². The molecule has 1 aliphatic carbocycles. The molecule has 0 aliphatic heterocycles. The van der Waals surface area contributed by atoms with Crippen LogP contribution in [-0.2, 0) is 28.9 Å². The minimum Gasteiger partial charge on any atom is -0.427 e. The lowest BCUT2D eigenvalue weighted by molar-refractivity contribution is -0.134. The second kappa shape index (κ2) is 12.8. The third-order valence-electron chi connectivity index (χ3n) is 7.52. The molecule has 0 atom stereocenters. The quantitative estimate of drug-likeness (QED) is 0.115. The predicted molar refractivity (Wildman–Crippen MR) is 156 cm³/mol. The molecule has 39 heavy (non-hydrogen) atoms. The molecule has 2 heterocycles. The molecule has 3 N–H and O–H groups in total. The number of fused-ring (bicyclic) bond motifs is 3. The number of nitrogens with zero attached hydrogens (tertiary/aromatic N) is 1. The average Bonchev–Trinajstić information content (AvgIpc) is 3.34. The minimum absolute atomic E-state index is 0.0402. The third-order valence-corrected chi connectivity index (χ3v) is 7.52. The van der Waals surface area contributed by atoms with E-state index < -0.39 is 0 Å². The molecule has 0 unspecified atom stereocenters. The molecule has 204 valence electrons. The van der Waals surface area contributed by atoms with Crippen molar-refractivity contribution in [1.82, 2.24) is 15.3 Å². The Bertz CT molecular complexity index is 1460. The van der Waals surface area contributed by atoms with Crippen molar-refractivity contribution in [2.75, 3.05) is 18.4 Å². The fourth-order valence-electron chi connectivity index (χ4n) is 5.52. The Labute approximate surface area is 229 Å². The predicted octanol–water partition coefficient (Wildman–Crippen LogP) is 6.24. The highest BCUT2D eigenvalue weighted by Gasteiger charge is 2.17. The van der Waals surface area contributed by atoms with Crippen LogP contribution in [0.3, 0.4) is 0 Å². The number of para-hydroxylation sites is 1. The summed E-state index contributed by atoms with van der Waals surface area (Å²) in [4.78, 5) is 31.8. The van der Waals surface area contributed by atoms with Crippen molar-refractivity contribution in [2.24, 2.45) is 0 Å². The molecule has 0 saturated heterocycles. The zero-order valence-electron chi connectivity index (χ0n) is 22.8. The Morgan fingerprint density at radius 2 is 1.82 bits per heavy atom. The summed E-state index contributed by atoms with van der Waals surface area (Å²) in [6, 6.07) is 14.1. The first-order valence-corrected chi connectivity index (χ1v) is 14.3. The molecule has 2 aromatic heterocycles. The van der Waals surface area contributed by atoms with E-state index in [0.29, 0.717) is 25.1 Å². The minimum atomic E-state index is -0.197. The van der Waals surface area contributed by atoms with Gasteiger partial charge in [-0.05, 0) is 80.3 Å². The van der Waals surface area contributed by atoms with E-state index in [1.807, 2.05) is 24.4 Å². The van der Waals surface area contributed by atoms with Gasteiger partial charge in [-0.25, -0.2) is 0 Å². The van der Waals surface area contributed by atoms with Crippen LogP contribution in [0, 0.1) is 0 Å². The number of carbonyl (C=O) groups is 2. The first kappa shape index (κ1) is 26.7. The van der Waals surface area contributed by atoms with E-state index in [1.54, 1.807) is 0 Å². The van der Waals surface area contributed by atoms with Crippen LogP contribution >= 0.6 is 0 Å². The number of esters is 1. The van der Waals surface area contributed by atoms with Crippen LogP contribution in [0.25, 0.3) is 21.8 Å². The Morgan fingerprint density at radius 3 is 2.72 bits per heavy atom. The molecule has 0 saturated carbocycles. The topological polar surface area (TPSA) is 96.1 Å². The Hall–Kier alpha value is -3.87. The summed E-state index contributed by atoms with van der Waals surface area (Å²) in [5.41, 5.74) is 7.10. The maximum atomic E-state index is 12.5. The van der Waals surface area contributed by atoms with Crippen molar-refractivity contribution in [3.8, 4) is 5.75 Å². The summed E-state index contributed by atoms with van der Waals surface area (Å²) < 4.78 is 5.63. The highest BCUT2D eigenvalue weighted by molar-refractivity contribution is 5.93. The van der Waals surface area contributed by atoms with Crippen LogP contribution in [0.15, 0.2) is 48.7 Å². The molecule has 5 rings (SSSR count). The van der Waals surface area contributed by atoms with Crippen molar-refractivity contribution < 1.29 is 14.3 Å². The number of pyridine rings is 1. The monoisotopic (exact) mass is 526 g/mol. The second-order valence-electron chi connectivity index (χ2n) is 10.5. The van der Waals surface area contributed by atoms with Crippen molar-refractivity contribution in [3.63, 3.8) is 0 Å². The van der Waals surface area contributed by atoms with Gasteiger partial charge in [-0.1, -0.05) is 31.0 Å². The largest absolute Gasteiger partial charge is 0.427 e. The molecule has 2 aromatic carbocycles. The number of ether oxygens (including phenoxy) is 1. The van der Waals surface area contributed by atoms with Gasteiger partial charge >= 0.3 is 5.97 Å². The first-order valence-electron chi connectivity index (χ1n) is 14.3. The molecular formula is C32H38N4O3. The van der Waals surface area contributed by atoms with Crippen LogP contribution < -0.4 is 15.4 Å². The Kier molecular flexibility index (Phi) is 8.76. The molecule has 0 radical (unpaired) electrons. The van der Waals surface area contributed by atoms with Gasteiger partial charge in [-0.2, -0.15) is 0 Å². The molecule has 0 spiro atoms. The standard InChI is InChI=1S/C32H38N4O3/c1-22(37)33-19-17-23-21-35-28-16-15-24(20-27(23)28)39-31(38)14-4-2-3-9-18-34-32-25-10-5-7-12-29(25)36-30-13-8-6-11-26(30)32/h5,7,10,12,15-16,20-21,35H,2-4,6,8-9,11,13-14,17-19H2,1H3,(H,33,37)(H,34,36). The maximum absolute atomic E-state index is 12.5. The van der Waals surface area contributed by atoms with E-state index in [2.05, 4.69) is 39.9 Å². The number of aromatic amines is 1. The zero-order valence-corrected chi connectivity index (χ0v) is 22.8. The van der Waals surface area contributed by atoms with Gasteiger partial charge < -0.3 is 20.4 Å². The van der Waals surface area contributed by atoms with E-state index in [0.717, 1.165) is 67.1 Å². The summed E-state index contributed by atoms with van der Waals surface area (Å²) >= 11 is 0. The van der Waals surface area contributed by atoms with Crippen LogP contribution in [0.2, 0.25) is 0 Å². The lowest BCUT2D eigenvalue weighted by Gasteiger charge is -2.21. The van der Waals surface area contributed by atoms with Gasteiger partial charge in [0, 0.05) is 60.3 Å². The molecule has 1 aliphatic rings. The van der Waals surface area contributed by atoms with Crippen LogP contribution in [0.5, 0.6) is 5.75 Å². The normalized spacial score (nSPS) is 12.8. The van der Waals surface area contributed by atoms with E-state index in [-0.39, 0.29) is 11.9 Å². The van der Waals surface area contributed by atoms with Crippen LogP contribution in [0.4, 0.5) is 5.69 Å². The van der Waals surface area contributed by atoms with Crippen LogP contribution in [0.1, 0.15) is 68.7 Å². The summed E-state index contributed by atoms with van der Waals surface area (Å²) in [6.07, 6.45) is 11.7. The Morgan fingerprint density at radius 1 is 0.974 bits per heavy atom. The van der Waals surface area contributed by atoms with E-state index in [9.17, 15) is 9.59 Å². The van der Waals surface area contributed by atoms with Gasteiger partial charge in [-0.15, -0.1) is 0 Å². The number of rotatable bonds is 12. The molecular weight excluding hydrogens is 488 g/mol. The fraction of sp³-hybridized carbons (Fsp3) is 0.406. The van der Waals surface area contributed by atoms with Gasteiger partial charge in [0.2, 0.25) is 5.91 Å². The number of aryl methyl sites for hydroxylation is 1. The number of hydrogen-bond donors (Lipinski definition) is 3. The number of benzene rings is 2. The van der Waals surface area contributed by atoms with Gasteiger partial charge in [0.25, 0.3) is 0 Å². The van der Waals surface area contributed by atoms with Crippen molar-refractivity contribution in [2.45, 2.75) is 71.1 Å². The molecule has 0 fully saturated rings. The number of anilines is 1. The zero-order chi connectivity index (χ0) is 27.0. The van der Waals surface area contributed by atoms with Crippen molar-refractivity contribution >= 4 is 39.4 Å². The smallest absolute Gasteiger partial charge is 0.311 e. The molecule has 4 aromatic rings. The summed E-state index contributed by atoms with van der Waals surface area (Å²) in [7, 11) is 0. The molecule has 7 nitrogen and oxygen atoms in total. The number of amides is 1. The molecule has 0 bridgehead atoms. The SMILES string of the molecule is CC(=O)NCCc1c[nH]c2ccc(OC(=O)CCCCCCNc3c4c(nc5ccccc35)CCCC4)cc12. The molecule has 7 heteroatoms. The van der Waals surface area contributed by atoms with Crippen molar-refractivity contribution in [1.29, 1.82) is 0 Å². The Balaban J connectivity index is 1.05. The number of H-pyrrole nitrogens is 1. The van der Waals surface area contributed by atoms with Gasteiger partial charge in [0.05, 0.1) is 5.52 Å². The van der Waals surface area contributed by atoms with Crippen molar-refractivity contribution in [3.05, 3.63) is 65.5 Å². The summed E-state index contributed by atoms with van der Waals surface area (Å²) in [5, 5.41) is 8.78. The lowest BCUT2D eigenvalue weighted by Crippen LogP contribution is -2.22. The number of carbonyl (C=O) groups excluding carboxylic acids is 2. The maximum Gasteiger partial charge on any atom is 0.311 e. The van der Waals surface area contributed by atoms with Gasteiger partial charge in [-0.3, -0.25) is 14.6 Å². The fourth-order valence-corrected chi connectivity index (χ4v) is 5.52. The second-order valence-corrected chi connectivity index (χ2v) is 10.5.